The first-order valence-corrected chi connectivity index (χ1v) is 10.1. The zero-order chi connectivity index (χ0) is 19.2. The number of rotatable bonds is 7. The van der Waals surface area contributed by atoms with Crippen LogP contribution in [0.2, 0.25) is 0 Å². The Hall–Kier alpha value is -2.07. The number of aliphatic hydroxyl groups excluding tert-OH is 4. The summed E-state index contributed by atoms with van der Waals surface area (Å²) < 4.78 is 0. The van der Waals surface area contributed by atoms with Crippen molar-refractivity contribution < 1.29 is 20.4 Å². The molecule has 0 radical (unpaired) electrons. The van der Waals surface area contributed by atoms with Gasteiger partial charge >= 0.3 is 0 Å². The Morgan fingerprint density at radius 2 is 1.04 bits per heavy atom. The minimum atomic E-state index is -0.998. The van der Waals surface area contributed by atoms with Crippen LogP contribution < -0.4 is 15.9 Å². The predicted molar refractivity (Wildman–Crippen MR) is 109 cm³/mol. The predicted octanol–water partition coefficient (Wildman–Crippen LogP) is 1.41. The summed E-state index contributed by atoms with van der Waals surface area (Å²) in [4.78, 5) is 0. The van der Waals surface area contributed by atoms with Gasteiger partial charge in [0.05, 0.1) is 26.4 Å². The molecular formula is C22H23O4P. The van der Waals surface area contributed by atoms with Crippen molar-refractivity contribution in [1.29, 1.82) is 0 Å². The molecule has 0 saturated heterocycles. The molecule has 0 aliphatic heterocycles. The molecule has 0 aliphatic rings. The van der Waals surface area contributed by atoms with Crippen molar-refractivity contribution in [2.75, 3.05) is 0 Å². The highest BCUT2D eigenvalue weighted by Gasteiger charge is 2.24. The van der Waals surface area contributed by atoms with Crippen LogP contribution in [0.4, 0.5) is 0 Å². The average molecular weight is 382 g/mol. The lowest BCUT2D eigenvalue weighted by molar-refractivity contribution is 0.240. The standard InChI is InChI=1S/C22H23O4P/c23-12-16-11-22(21(15-26)20(14-25)19(16)13-24)27(17-7-3-1-4-8-17)18-9-5-2-6-10-18/h1-11,23-26H,12-15H2. The Bertz CT molecular complexity index is 842. The van der Waals surface area contributed by atoms with Crippen molar-refractivity contribution in [3.8, 4) is 0 Å². The van der Waals surface area contributed by atoms with E-state index in [2.05, 4.69) is 24.3 Å². The first-order valence-electron chi connectivity index (χ1n) is 8.75. The van der Waals surface area contributed by atoms with E-state index >= 15 is 0 Å². The highest BCUT2D eigenvalue weighted by atomic mass is 31.1. The molecule has 4 nitrogen and oxygen atoms in total. The molecule has 5 heteroatoms. The van der Waals surface area contributed by atoms with E-state index in [0.29, 0.717) is 22.3 Å². The van der Waals surface area contributed by atoms with Gasteiger partial charge in [0, 0.05) is 0 Å². The fourth-order valence-electron chi connectivity index (χ4n) is 3.36. The quantitative estimate of drug-likeness (QED) is 0.466. The van der Waals surface area contributed by atoms with Gasteiger partial charge in [0.2, 0.25) is 0 Å². The van der Waals surface area contributed by atoms with Crippen molar-refractivity contribution in [1.82, 2.24) is 0 Å². The molecule has 0 atom stereocenters. The van der Waals surface area contributed by atoms with Crippen LogP contribution in [0.1, 0.15) is 22.3 Å². The van der Waals surface area contributed by atoms with E-state index in [4.69, 9.17) is 0 Å². The first-order chi connectivity index (χ1) is 13.2. The molecule has 0 heterocycles. The van der Waals surface area contributed by atoms with Crippen molar-refractivity contribution in [3.63, 3.8) is 0 Å². The minimum Gasteiger partial charge on any atom is -0.392 e. The van der Waals surface area contributed by atoms with Gasteiger partial charge in [-0.05, 0) is 52.2 Å². The van der Waals surface area contributed by atoms with Crippen molar-refractivity contribution >= 4 is 23.8 Å². The lowest BCUT2D eigenvalue weighted by atomic mass is 9.97. The fourth-order valence-corrected chi connectivity index (χ4v) is 5.91. The van der Waals surface area contributed by atoms with Crippen LogP contribution in [0.3, 0.4) is 0 Å². The Balaban J connectivity index is 2.32. The van der Waals surface area contributed by atoms with Crippen LogP contribution in [0, 0.1) is 0 Å². The zero-order valence-electron chi connectivity index (χ0n) is 14.9. The van der Waals surface area contributed by atoms with Gasteiger partial charge in [-0.1, -0.05) is 60.7 Å². The molecular weight excluding hydrogens is 359 g/mol. The molecule has 3 aromatic rings. The lowest BCUT2D eigenvalue weighted by Crippen LogP contribution is -2.26. The van der Waals surface area contributed by atoms with E-state index in [1.54, 1.807) is 0 Å². The van der Waals surface area contributed by atoms with Gasteiger partial charge in [0.25, 0.3) is 0 Å². The fraction of sp³-hybridized carbons (Fsp3) is 0.182. The smallest absolute Gasteiger partial charge is 0.0691 e. The Morgan fingerprint density at radius 1 is 0.556 bits per heavy atom. The van der Waals surface area contributed by atoms with Crippen molar-refractivity contribution in [3.05, 3.63) is 89.0 Å². The largest absolute Gasteiger partial charge is 0.392 e. The molecule has 3 rings (SSSR count). The highest BCUT2D eigenvalue weighted by Crippen LogP contribution is 2.36. The van der Waals surface area contributed by atoms with E-state index in [0.717, 1.165) is 15.9 Å². The van der Waals surface area contributed by atoms with Gasteiger partial charge in [-0.2, -0.15) is 0 Å². The summed E-state index contributed by atoms with van der Waals surface area (Å²) in [5, 5.41) is 42.7. The molecule has 140 valence electrons. The van der Waals surface area contributed by atoms with Gasteiger partial charge < -0.3 is 20.4 Å². The van der Waals surface area contributed by atoms with E-state index in [-0.39, 0.29) is 26.4 Å². The molecule has 27 heavy (non-hydrogen) atoms. The second-order valence-electron chi connectivity index (χ2n) is 6.13. The van der Waals surface area contributed by atoms with Gasteiger partial charge in [-0.25, -0.2) is 0 Å². The third-order valence-corrected chi connectivity index (χ3v) is 7.16. The van der Waals surface area contributed by atoms with Crippen LogP contribution in [-0.2, 0) is 26.4 Å². The summed E-state index contributed by atoms with van der Waals surface area (Å²) in [6.07, 6.45) is 0. The van der Waals surface area contributed by atoms with Gasteiger partial charge in [0.15, 0.2) is 0 Å². The molecule has 0 spiro atoms. The molecule has 0 amide bonds. The second kappa shape index (κ2) is 9.23. The number of benzene rings is 3. The molecule has 0 unspecified atom stereocenters. The van der Waals surface area contributed by atoms with Crippen LogP contribution >= 0.6 is 7.92 Å². The van der Waals surface area contributed by atoms with E-state index in [1.165, 1.54) is 0 Å². The minimum absolute atomic E-state index is 0.242. The molecule has 0 aromatic heterocycles. The molecule has 4 N–H and O–H groups in total. The summed E-state index contributed by atoms with van der Waals surface area (Å²) in [7, 11) is -0.998. The van der Waals surface area contributed by atoms with Gasteiger partial charge in [-0.3, -0.25) is 0 Å². The maximum Gasteiger partial charge on any atom is 0.0691 e. The SMILES string of the molecule is OCc1cc(P(c2ccccc2)c2ccccc2)c(CO)c(CO)c1CO. The van der Waals surface area contributed by atoms with E-state index < -0.39 is 7.92 Å². The maximum atomic E-state index is 10.1. The van der Waals surface area contributed by atoms with Crippen LogP contribution in [0.25, 0.3) is 0 Å². The lowest BCUT2D eigenvalue weighted by Gasteiger charge is -2.26. The highest BCUT2D eigenvalue weighted by molar-refractivity contribution is 7.79. The Morgan fingerprint density at radius 3 is 1.44 bits per heavy atom. The first kappa shape index (κ1) is 19.7. The van der Waals surface area contributed by atoms with Gasteiger partial charge in [0.1, 0.15) is 0 Å². The van der Waals surface area contributed by atoms with Gasteiger partial charge in [-0.15, -0.1) is 0 Å². The summed E-state index contributed by atoms with van der Waals surface area (Å²) in [5.41, 5.74) is 2.19. The molecule has 0 bridgehead atoms. The van der Waals surface area contributed by atoms with Crippen molar-refractivity contribution in [2.24, 2.45) is 0 Å². The maximum absolute atomic E-state index is 10.1. The molecule has 0 fully saturated rings. The van der Waals surface area contributed by atoms with Crippen LogP contribution in [0.5, 0.6) is 0 Å². The number of aliphatic hydroxyl groups is 4. The van der Waals surface area contributed by atoms with Crippen LogP contribution in [0.15, 0.2) is 66.7 Å². The van der Waals surface area contributed by atoms with E-state index in [1.807, 2.05) is 42.5 Å². The summed E-state index contributed by atoms with van der Waals surface area (Å²) in [5.74, 6) is 0. The Kier molecular flexibility index (Phi) is 6.73. The second-order valence-corrected chi connectivity index (χ2v) is 8.31. The monoisotopic (exact) mass is 382 g/mol. The van der Waals surface area contributed by atoms with Crippen LogP contribution in [-0.4, -0.2) is 20.4 Å². The molecule has 0 aliphatic carbocycles. The average Bonchev–Trinajstić information content (AvgIpc) is 2.74. The normalized spacial score (nSPS) is 11.1. The third-order valence-electron chi connectivity index (χ3n) is 4.65. The third kappa shape index (κ3) is 3.96. The number of hydrogen-bond acceptors (Lipinski definition) is 4. The van der Waals surface area contributed by atoms with E-state index in [9.17, 15) is 20.4 Å². The number of hydrogen-bond donors (Lipinski definition) is 4. The molecule has 3 aromatic carbocycles. The van der Waals surface area contributed by atoms with Crippen molar-refractivity contribution in [2.45, 2.75) is 26.4 Å². The molecule has 0 saturated carbocycles. The summed E-state index contributed by atoms with van der Waals surface area (Å²) in [6.45, 7) is -1.09. The Labute approximate surface area is 160 Å². The summed E-state index contributed by atoms with van der Waals surface area (Å²) >= 11 is 0. The topological polar surface area (TPSA) is 80.9 Å². The zero-order valence-corrected chi connectivity index (χ0v) is 15.8. The summed E-state index contributed by atoms with van der Waals surface area (Å²) in [6, 6.07) is 21.9.